The van der Waals surface area contributed by atoms with Gasteiger partial charge < -0.3 is 10.6 Å². The number of amides is 1. The zero-order valence-corrected chi connectivity index (χ0v) is 13.6. The first kappa shape index (κ1) is 16.1. The molecule has 2 N–H and O–H groups in total. The summed E-state index contributed by atoms with van der Waals surface area (Å²) >= 11 is 6.12. The lowest BCUT2D eigenvalue weighted by molar-refractivity contribution is 0.0632. The number of hydrogen-bond acceptors (Lipinski definition) is 3. The average molecular weight is 310 g/mol. The van der Waals surface area contributed by atoms with Gasteiger partial charge in [0.2, 0.25) is 0 Å². The maximum atomic E-state index is 12.5. The second-order valence-electron chi connectivity index (χ2n) is 6.06. The third kappa shape index (κ3) is 4.35. The molecule has 1 fully saturated rings. The molecule has 1 amide bonds. The fourth-order valence-electron chi connectivity index (χ4n) is 2.49. The minimum atomic E-state index is 0.00325. The predicted octanol–water partition coefficient (Wildman–Crippen LogP) is 2.73. The number of nitrogens with zero attached hydrogens (tertiary/aromatic N) is 2. The van der Waals surface area contributed by atoms with E-state index in [9.17, 15) is 4.79 Å². The van der Waals surface area contributed by atoms with Crippen LogP contribution in [0, 0.1) is 5.92 Å². The van der Waals surface area contributed by atoms with Crippen molar-refractivity contribution >= 4 is 23.2 Å². The summed E-state index contributed by atoms with van der Waals surface area (Å²) in [5.41, 5.74) is 6.79. The Balaban J connectivity index is 1.91. The predicted molar refractivity (Wildman–Crippen MR) is 87.7 cm³/mol. The van der Waals surface area contributed by atoms with Crippen LogP contribution in [0.25, 0.3) is 0 Å². The van der Waals surface area contributed by atoms with Crippen LogP contribution < -0.4 is 5.73 Å². The third-order valence-electron chi connectivity index (χ3n) is 3.91. The van der Waals surface area contributed by atoms with E-state index in [1.165, 1.54) is 6.42 Å². The van der Waals surface area contributed by atoms with Crippen molar-refractivity contribution in [2.75, 3.05) is 38.5 Å². The molecule has 4 nitrogen and oxygen atoms in total. The molecule has 116 valence electrons. The van der Waals surface area contributed by atoms with Crippen molar-refractivity contribution in [3.63, 3.8) is 0 Å². The molecule has 0 radical (unpaired) electrons. The van der Waals surface area contributed by atoms with E-state index >= 15 is 0 Å². The molecular formula is C16H24ClN3O. The molecule has 1 aromatic carbocycles. The maximum absolute atomic E-state index is 12.5. The van der Waals surface area contributed by atoms with E-state index in [0.29, 0.717) is 16.3 Å². The molecule has 0 atom stereocenters. The zero-order chi connectivity index (χ0) is 15.4. The number of hydrogen-bond donors (Lipinski definition) is 1. The van der Waals surface area contributed by atoms with E-state index < -0.39 is 0 Å². The van der Waals surface area contributed by atoms with Gasteiger partial charge in [-0.1, -0.05) is 25.4 Å². The highest BCUT2D eigenvalue weighted by atomic mass is 35.5. The van der Waals surface area contributed by atoms with Crippen molar-refractivity contribution in [1.29, 1.82) is 0 Å². The first-order valence-electron chi connectivity index (χ1n) is 7.54. The van der Waals surface area contributed by atoms with Crippen LogP contribution in [-0.4, -0.2) is 48.4 Å². The van der Waals surface area contributed by atoms with Crippen molar-refractivity contribution in [2.45, 2.75) is 20.3 Å². The minimum Gasteiger partial charge on any atom is -0.399 e. The van der Waals surface area contributed by atoms with E-state index in [0.717, 1.165) is 38.6 Å². The molecule has 0 bridgehead atoms. The van der Waals surface area contributed by atoms with Gasteiger partial charge in [0.15, 0.2) is 0 Å². The SMILES string of the molecule is CC(C)CCN1CCN(C(=O)c2ccc(N)cc2Cl)CC1. The lowest BCUT2D eigenvalue weighted by Crippen LogP contribution is -2.49. The number of benzene rings is 1. The zero-order valence-electron chi connectivity index (χ0n) is 12.8. The van der Waals surface area contributed by atoms with Gasteiger partial charge in [-0.15, -0.1) is 0 Å². The maximum Gasteiger partial charge on any atom is 0.255 e. The molecule has 1 aliphatic heterocycles. The van der Waals surface area contributed by atoms with Gasteiger partial charge in [-0.3, -0.25) is 9.69 Å². The molecule has 1 heterocycles. The van der Waals surface area contributed by atoms with Crippen LogP contribution in [0.2, 0.25) is 5.02 Å². The fourth-order valence-corrected chi connectivity index (χ4v) is 2.76. The normalized spacial score (nSPS) is 16.5. The van der Waals surface area contributed by atoms with Crippen molar-refractivity contribution in [3.8, 4) is 0 Å². The van der Waals surface area contributed by atoms with Crippen LogP contribution in [0.15, 0.2) is 18.2 Å². The van der Waals surface area contributed by atoms with Gasteiger partial charge in [0.05, 0.1) is 10.6 Å². The summed E-state index contributed by atoms with van der Waals surface area (Å²) in [6.07, 6.45) is 1.21. The number of nitrogens with two attached hydrogens (primary N) is 1. The Hall–Kier alpha value is -1.26. The molecule has 21 heavy (non-hydrogen) atoms. The van der Waals surface area contributed by atoms with Crippen LogP contribution in [0.5, 0.6) is 0 Å². The summed E-state index contributed by atoms with van der Waals surface area (Å²) in [6, 6.07) is 5.07. The van der Waals surface area contributed by atoms with Crippen molar-refractivity contribution in [1.82, 2.24) is 9.80 Å². The van der Waals surface area contributed by atoms with E-state index in [-0.39, 0.29) is 5.91 Å². The summed E-state index contributed by atoms with van der Waals surface area (Å²) in [4.78, 5) is 16.8. The number of carbonyl (C=O) groups is 1. The molecule has 0 aromatic heterocycles. The van der Waals surface area contributed by atoms with Crippen molar-refractivity contribution < 1.29 is 4.79 Å². The quantitative estimate of drug-likeness (QED) is 0.870. The van der Waals surface area contributed by atoms with Crippen LogP contribution in [-0.2, 0) is 0 Å². The third-order valence-corrected chi connectivity index (χ3v) is 4.22. The number of anilines is 1. The molecular weight excluding hydrogens is 286 g/mol. The Morgan fingerprint density at radius 2 is 1.95 bits per heavy atom. The Kier molecular flexibility index (Phi) is 5.48. The first-order chi connectivity index (χ1) is 9.97. The Morgan fingerprint density at radius 3 is 2.52 bits per heavy atom. The summed E-state index contributed by atoms with van der Waals surface area (Å²) in [6.45, 7) is 8.99. The van der Waals surface area contributed by atoms with Crippen LogP contribution in [0.1, 0.15) is 30.6 Å². The molecule has 0 unspecified atom stereocenters. The fraction of sp³-hybridized carbons (Fsp3) is 0.562. The topological polar surface area (TPSA) is 49.6 Å². The second-order valence-corrected chi connectivity index (χ2v) is 6.46. The number of halogens is 1. The first-order valence-corrected chi connectivity index (χ1v) is 7.92. The standard InChI is InChI=1S/C16H24ClN3O/c1-12(2)5-6-19-7-9-20(10-8-19)16(21)14-4-3-13(18)11-15(14)17/h3-4,11-12H,5-10,18H2,1-2H3. The molecule has 0 spiro atoms. The highest BCUT2D eigenvalue weighted by molar-refractivity contribution is 6.34. The summed E-state index contributed by atoms with van der Waals surface area (Å²) in [7, 11) is 0. The number of nitrogen functional groups attached to an aromatic ring is 1. The van der Waals surface area contributed by atoms with Crippen LogP contribution in [0.4, 0.5) is 5.69 Å². The molecule has 0 saturated carbocycles. The van der Waals surface area contributed by atoms with Gasteiger partial charge in [-0.25, -0.2) is 0 Å². The Morgan fingerprint density at radius 1 is 1.29 bits per heavy atom. The highest BCUT2D eigenvalue weighted by Gasteiger charge is 2.23. The summed E-state index contributed by atoms with van der Waals surface area (Å²) < 4.78 is 0. The van der Waals surface area contributed by atoms with Gasteiger partial charge in [-0.2, -0.15) is 0 Å². The number of piperazine rings is 1. The van der Waals surface area contributed by atoms with Crippen molar-refractivity contribution in [3.05, 3.63) is 28.8 Å². The Labute approximate surface area is 131 Å². The lowest BCUT2D eigenvalue weighted by atomic mass is 10.1. The van der Waals surface area contributed by atoms with Crippen LogP contribution in [0.3, 0.4) is 0 Å². The lowest BCUT2D eigenvalue weighted by Gasteiger charge is -2.35. The number of rotatable bonds is 4. The molecule has 1 aliphatic rings. The largest absolute Gasteiger partial charge is 0.399 e. The summed E-state index contributed by atoms with van der Waals surface area (Å²) in [5, 5.41) is 0.433. The Bertz CT molecular complexity index is 496. The van der Waals surface area contributed by atoms with Gasteiger partial charge in [0.1, 0.15) is 0 Å². The van der Waals surface area contributed by atoms with E-state index in [4.69, 9.17) is 17.3 Å². The van der Waals surface area contributed by atoms with E-state index in [1.54, 1.807) is 18.2 Å². The van der Waals surface area contributed by atoms with E-state index in [2.05, 4.69) is 18.7 Å². The summed E-state index contributed by atoms with van der Waals surface area (Å²) in [5.74, 6) is 0.724. The smallest absolute Gasteiger partial charge is 0.255 e. The van der Waals surface area contributed by atoms with Gasteiger partial charge >= 0.3 is 0 Å². The average Bonchev–Trinajstić information content (AvgIpc) is 2.45. The van der Waals surface area contributed by atoms with Crippen LogP contribution >= 0.6 is 11.6 Å². The highest BCUT2D eigenvalue weighted by Crippen LogP contribution is 2.21. The molecule has 2 rings (SSSR count). The molecule has 1 aromatic rings. The second kappa shape index (κ2) is 7.14. The van der Waals surface area contributed by atoms with Crippen molar-refractivity contribution in [2.24, 2.45) is 5.92 Å². The molecule has 5 heteroatoms. The minimum absolute atomic E-state index is 0.00325. The monoisotopic (exact) mass is 309 g/mol. The molecule has 0 aliphatic carbocycles. The van der Waals surface area contributed by atoms with E-state index in [1.807, 2.05) is 4.90 Å². The van der Waals surface area contributed by atoms with Gasteiger partial charge in [-0.05, 0) is 37.1 Å². The number of carbonyl (C=O) groups excluding carboxylic acids is 1. The van der Waals surface area contributed by atoms with Gasteiger partial charge in [0.25, 0.3) is 5.91 Å². The molecule has 1 saturated heterocycles. The van der Waals surface area contributed by atoms with Gasteiger partial charge in [0, 0.05) is 31.9 Å².